The van der Waals surface area contributed by atoms with Gasteiger partial charge >= 0.3 is 0 Å². The van der Waals surface area contributed by atoms with Crippen LogP contribution in [0.2, 0.25) is 0 Å². The van der Waals surface area contributed by atoms with E-state index in [-0.39, 0.29) is 5.91 Å². The highest BCUT2D eigenvalue weighted by Crippen LogP contribution is 2.28. The fourth-order valence-electron chi connectivity index (χ4n) is 4.55. The van der Waals surface area contributed by atoms with Gasteiger partial charge in [0.05, 0.1) is 11.2 Å². The minimum absolute atomic E-state index is 0.0716. The van der Waals surface area contributed by atoms with Crippen LogP contribution in [0.4, 0.5) is 5.82 Å². The molecule has 1 fully saturated rings. The molecule has 5 nitrogen and oxygen atoms in total. The lowest BCUT2D eigenvalue weighted by Crippen LogP contribution is -2.20. The second kappa shape index (κ2) is 7.97. The van der Waals surface area contributed by atoms with Crippen molar-refractivity contribution in [3.63, 3.8) is 0 Å². The summed E-state index contributed by atoms with van der Waals surface area (Å²) in [5.74, 6) is 2.01. The van der Waals surface area contributed by atoms with Gasteiger partial charge in [0.1, 0.15) is 5.82 Å². The van der Waals surface area contributed by atoms with Crippen LogP contribution < -0.4 is 5.32 Å². The van der Waals surface area contributed by atoms with Gasteiger partial charge in [-0.15, -0.1) is 0 Å². The van der Waals surface area contributed by atoms with Gasteiger partial charge in [-0.05, 0) is 69.7 Å². The molecule has 152 valence electrons. The minimum atomic E-state index is 0.0716. The average molecular weight is 391 g/mol. The summed E-state index contributed by atoms with van der Waals surface area (Å²) in [5.41, 5.74) is 5.38. The van der Waals surface area contributed by atoms with Crippen LogP contribution in [0.3, 0.4) is 0 Å². The zero-order chi connectivity index (χ0) is 20.5. The molecule has 0 aliphatic heterocycles. The Morgan fingerprint density at radius 2 is 1.79 bits per heavy atom. The van der Waals surface area contributed by atoms with Crippen molar-refractivity contribution < 1.29 is 4.79 Å². The van der Waals surface area contributed by atoms with Gasteiger partial charge in [0.25, 0.3) is 0 Å². The molecule has 0 spiro atoms. The van der Waals surface area contributed by atoms with E-state index in [1.54, 1.807) is 4.68 Å². The molecule has 1 aromatic carbocycles. The highest BCUT2D eigenvalue weighted by atomic mass is 16.1. The third-order valence-corrected chi connectivity index (χ3v) is 5.96. The molecule has 3 aromatic rings. The lowest BCUT2D eigenvalue weighted by atomic mass is 9.87. The molecule has 1 aliphatic rings. The monoisotopic (exact) mass is 390 g/mol. The van der Waals surface area contributed by atoms with E-state index in [1.807, 2.05) is 19.1 Å². The second-order valence-corrected chi connectivity index (χ2v) is 8.61. The highest BCUT2D eigenvalue weighted by molar-refractivity contribution is 5.91. The van der Waals surface area contributed by atoms with Crippen LogP contribution in [0.15, 0.2) is 24.3 Å². The van der Waals surface area contributed by atoms with Gasteiger partial charge in [-0.25, -0.2) is 4.98 Å². The predicted molar refractivity (Wildman–Crippen MR) is 118 cm³/mol. The summed E-state index contributed by atoms with van der Waals surface area (Å²) in [4.78, 5) is 17.6. The molecule has 0 unspecified atom stereocenters. The number of rotatable bonds is 4. The van der Waals surface area contributed by atoms with E-state index in [1.165, 1.54) is 24.8 Å². The first kappa shape index (κ1) is 19.6. The molecular weight excluding hydrogens is 360 g/mol. The van der Waals surface area contributed by atoms with E-state index in [9.17, 15) is 4.79 Å². The van der Waals surface area contributed by atoms with Crippen molar-refractivity contribution in [2.45, 2.75) is 66.2 Å². The number of hydrogen-bond donors (Lipinski definition) is 1. The van der Waals surface area contributed by atoms with Crippen molar-refractivity contribution >= 4 is 22.6 Å². The quantitative estimate of drug-likeness (QED) is 0.634. The summed E-state index contributed by atoms with van der Waals surface area (Å²) in [5, 5.41) is 8.87. The lowest BCUT2D eigenvalue weighted by Gasteiger charge is -2.20. The molecule has 1 N–H and O–H groups in total. The van der Waals surface area contributed by atoms with E-state index >= 15 is 0 Å². The Kier molecular flexibility index (Phi) is 5.39. The van der Waals surface area contributed by atoms with Crippen molar-refractivity contribution in [1.29, 1.82) is 0 Å². The van der Waals surface area contributed by atoms with Crippen molar-refractivity contribution in [3.8, 4) is 5.82 Å². The number of carbonyl (C=O) groups excluding carboxylic acids is 1. The Hall–Kier alpha value is -2.69. The van der Waals surface area contributed by atoms with Gasteiger partial charge in [0.15, 0.2) is 5.82 Å². The highest BCUT2D eigenvalue weighted by Gasteiger charge is 2.19. The normalized spacial score (nSPS) is 15.0. The Labute approximate surface area is 172 Å². The van der Waals surface area contributed by atoms with Gasteiger partial charge in [-0.2, -0.15) is 9.78 Å². The summed E-state index contributed by atoms with van der Waals surface area (Å²) in [6.07, 6.45) is 6.71. The van der Waals surface area contributed by atoms with E-state index in [0.29, 0.717) is 18.2 Å². The maximum absolute atomic E-state index is 12.7. The number of benzene rings is 1. The molecule has 0 bridgehead atoms. The van der Waals surface area contributed by atoms with E-state index in [2.05, 4.69) is 43.3 Å². The number of nitrogens with zero attached hydrogens (tertiary/aromatic N) is 3. The van der Waals surface area contributed by atoms with Crippen LogP contribution in [0.25, 0.3) is 16.7 Å². The second-order valence-electron chi connectivity index (χ2n) is 8.61. The van der Waals surface area contributed by atoms with Crippen molar-refractivity contribution in [2.24, 2.45) is 5.92 Å². The maximum Gasteiger partial charge on any atom is 0.225 e. The summed E-state index contributed by atoms with van der Waals surface area (Å²) >= 11 is 0. The number of nitrogens with one attached hydrogen (secondary N) is 1. The van der Waals surface area contributed by atoms with Crippen LogP contribution in [-0.4, -0.2) is 20.7 Å². The maximum atomic E-state index is 12.7. The van der Waals surface area contributed by atoms with E-state index in [4.69, 9.17) is 4.98 Å². The number of carbonyl (C=O) groups is 1. The zero-order valence-corrected chi connectivity index (χ0v) is 17.9. The molecule has 0 radical (unpaired) electrons. The Balaban J connectivity index is 1.65. The number of aromatic nitrogens is 3. The minimum Gasteiger partial charge on any atom is -0.311 e. The van der Waals surface area contributed by atoms with Crippen LogP contribution in [0.1, 0.15) is 60.9 Å². The van der Waals surface area contributed by atoms with Crippen LogP contribution in [-0.2, 0) is 4.79 Å². The smallest absolute Gasteiger partial charge is 0.225 e. The summed E-state index contributed by atoms with van der Waals surface area (Å²) in [7, 11) is 0. The third-order valence-electron chi connectivity index (χ3n) is 5.96. The molecule has 1 aliphatic carbocycles. The summed E-state index contributed by atoms with van der Waals surface area (Å²) in [6, 6.07) is 8.29. The topological polar surface area (TPSA) is 59.8 Å². The predicted octanol–water partition coefficient (Wildman–Crippen LogP) is 5.56. The standard InChI is InChI=1S/C24H30N4O/c1-15-10-17(3)24-20(11-15)16(2)12-21(26-24)28-22(13-18(4)27-28)25-23(29)14-19-8-6-5-7-9-19/h10-13,19H,5-9,14H2,1-4H3,(H,25,29). The first-order valence-electron chi connectivity index (χ1n) is 10.7. The first-order chi connectivity index (χ1) is 13.9. The summed E-state index contributed by atoms with van der Waals surface area (Å²) in [6.45, 7) is 8.24. The van der Waals surface area contributed by atoms with E-state index in [0.717, 1.165) is 46.4 Å². The van der Waals surface area contributed by atoms with Crippen LogP contribution in [0.5, 0.6) is 0 Å². The number of pyridine rings is 1. The molecule has 0 atom stereocenters. The van der Waals surface area contributed by atoms with Crippen molar-refractivity contribution in [1.82, 2.24) is 14.8 Å². The van der Waals surface area contributed by atoms with E-state index < -0.39 is 0 Å². The lowest BCUT2D eigenvalue weighted by molar-refractivity contribution is -0.117. The molecule has 2 heterocycles. The molecular formula is C24H30N4O. The number of amides is 1. The Morgan fingerprint density at radius 3 is 2.55 bits per heavy atom. The molecule has 1 saturated carbocycles. The molecule has 4 rings (SSSR count). The molecule has 29 heavy (non-hydrogen) atoms. The van der Waals surface area contributed by atoms with Crippen LogP contribution in [0, 0.1) is 33.6 Å². The van der Waals surface area contributed by atoms with Gasteiger partial charge in [-0.3, -0.25) is 4.79 Å². The fourth-order valence-corrected chi connectivity index (χ4v) is 4.55. The third kappa shape index (κ3) is 4.19. The number of fused-ring (bicyclic) bond motifs is 1. The molecule has 5 heteroatoms. The molecule has 2 aromatic heterocycles. The fraction of sp³-hybridized carbons (Fsp3) is 0.458. The molecule has 0 saturated heterocycles. The van der Waals surface area contributed by atoms with Crippen LogP contribution >= 0.6 is 0 Å². The molecule has 1 amide bonds. The SMILES string of the molecule is Cc1cc(C)c2nc(-n3nc(C)cc3NC(=O)CC3CCCCC3)cc(C)c2c1. The van der Waals surface area contributed by atoms with Crippen molar-refractivity contribution in [2.75, 3.05) is 5.32 Å². The van der Waals surface area contributed by atoms with Gasteiger partial charge in [-0.1, -0.05) is 30.9 Å². The first-order valence-corrected chi connectivity index (χ1v) is 10.7. The van der Waals surface area contributed by atoms with Gasteiger partial charge in [0, 0.05) is 17.9 Å². The number of hydrogen-bond acceptors (Lipinski definition) is 3. The number of anilines is 1. The van der Waals surface area contributed by atoms with Gasteiger partial charge < -0.3 is 5.32 Å². The van der Waals surface area contributed by atoms with Crippen molar-refractivity contribution in [3.05, 3.63) is 46.6 Å². The Bertz CT molecular complexity index is 1060. The average Bonchev–Trinajstić information content (AvgIpc) is 3.03. The zero-order valence-electron chi connectivity index (χ0n) is 17.9. The largest absolute Gasteiger partial charge is 0.311 e. The summed E-state index contributed by atoms with van der Waals surface area (Å²) < 4.78 is 1.76. The number of aryl methyl sites for hydroxylation is 4. The Morgan fingerprint density at radius 1 is 1.03 bits per heavy atom. The van der Waals surface area contributed by atoms with Gasteiger partial charge in [0.2, 0.25) is 5.91 Å².